The predicted octanol–water partition coefficient (Wildman–Crippen LogP) is 0.585. The number of carbonyl (C=O) groups is 1. The van der Waals surface area contributed by atoms with Crippen LogP contribution in [0.5, 0.6) is 0 Å². The van der Waals surface area contributed by atoms with Gasteiger partial charge < -0.3 is 5.11 Å². The maximum absolute atomic E-state index is 10.6. The van der Waals surface area contributed by atoms with Gasteiger partial charge in [0.2, 0.25) is 0 Å². The first-order valence-corrected chi connectivity index (χ1v) is 5.27. The summed E-state index contributed by atoms with van der Waals surface area (Å²) in [5, 5.41) is 16.0. The molecule has 1 aromatic heterocycles. The van der Waals surface area contributed by atoms with Crippen LogP contribution in [-0.4, -0.2) is 50.6 Å². The smallest absolute Gasteiger partial charge is 0.358 e. The van der Waals surface area contributed by atoms with Gasteiger partial charge >= 0.3 is 5.97 Å². The van der Waals surface area contributed by atoms with Crippen molar-refractivity contribution >= 4 is 17.6 Å². The highest BCUT2D eigenvalue weighted by molar-refractivity contribution is 6.25. The van der Waals surface area contributed by atoms with Crippen molar-refractivity contribution < 1.29 is 9.90 Å². The molecule has 2 rings (SSSR count). The summed E-state index contributed by atoms with van der Waals surface area (Å²) in [6.45, 7) is 2.48. The van der Waals surface area contributed by atoms with Crippen LogP contribution in [0.15, 0.2) is 17.8 Å². The van der Waals surface area contributed by atoms with Crippen molar-refractivity contribution in [1.82, 2.24) is 19.9 Å². The fourth-order valence-electron chi connectivity index (χ4n) is 1.60. The van der Waals surface area contributed by atoms with Crippen LogP contribution in [0.1, 0.15) is 16.5 Å². The van der Waals surface area contributed by atoms with Gasteiger partial charge in [0.15, 0.2) is 5.69 Å². The van der Waals surface area contributed by atoms with Crippen molar-refractivity contribution in [2.24, 2.45) is 0 Å². The second-order valence-corrected chi connectivity index (χ2v) is 3.87. The average molecular weight is 243 g/mol. The van der Waals surface area contributed by atoms with Crippen LogP contribution in [0.2, 0.25) is 0 Å². The first kappa shape index (κ1) is 11.1. The SMILES string of the molecule is O=C(O)c1cn(C2CN(CC=CCl)C2)nn1. The summed E-state index contributed by atoms with van der Waals surface area (Å²) in [5.74, 6) is -1.05. The fourth-order valence-corrected chi connectivity index (χ4v) is 1.68. The average Bonchev–Trinajstić information content (AvgIpc) is 2.64. The largest absolute Gasteiger partial charge is 0.476 e. The maximum atomic E-state index is 10.6. The zero-order chi connectivity index (χ0) is 11.5. The molecule has 0 aromatic carbocycles. The third kappa shape index (κ3) is 2.23. The Kier molecular flexibility index (Phi) is 3.21. The highest BCUT2D eigenvalue weighted by Gasteiger charge is 2.28. The van der Waals surface area contributed by atoms with Crippen molar-refractivity contribution in [3.05, 3.63) is 23.5 Å². The zero-order valence-corrected chi connectivity index (χ0v) is 9.21. The second-order valence-electron chi connectivity index (χ2n) is 3.62. The number of likely N-dealkylation sites (tertiary alicyclic amines) is 1. The number of halogens is 1. The van der Waals surface area contributed by atoms with Crippen molar-refractivity contribution in [1.29, 1.82) is 0 Å². The third-order valence-electron chi connectivity index (χ3n) is 2.49. The topological polar surface area (TPSA) is 71.2 Å². The Labute approximate surface area is 97.1 Å². The quantitative estimate of drug-likeness (QED) is 0.837. The Hall–Kier alpha value is -1.40. The molecular formula is C9H11ClN4O2. The van der Waals surface area contributed by atoms with Crippen LogP contribution >= 0.6 is 11.6 Å². The molecule has 1 N–H and O–H groups in total. The molecule has 0 radical (unpaired) electrons. The fraction of sp³-hybridized carbons (Fsp3) is 0.444. The van der Waals surface area contributed by atoms with Crippen LogP contribution < -0.4 is 0 Å². The minimum Gasteiger partial charge on any atom is -0.476 e. The number of nitrogens with zero attached hydrogens (tertiary/aromatic N) is 4. The highest BCUT2D eigenvalue weighted by atomic mass is 35.5. The monoisotopic (exact) mass is 242 g/mol. The van der Waals surface area contributed by atoms with Gasteiger partial charge in [-0.2, -0.15) is 0 Å². The molecule has 1 aromatic rings. The summed E-state index contributed by atoms with van der Waals surface area (Å²) >= 11 is 5.42. The minimum absolute atomic E-state index is 0.0147. The third-order valence-corrected chi connectivity index (χ3v) is 2.67. The number of hydrogen-bond acceptors (Lipinski definition) is 4. The summed E-state index contributed by atoms with van der Waals surface area (Å²) in [5.41, 5.74) is 1.48. The van der Waals surface area contributed by atoms with Crippen molar-refractivity contribution in [3.63, 3.8) is 0 Å². The lowest BCUT2D eigenvalue weighted by Gasteiger charge is -2.38. The molecule has 1 aliphatic heterocycles. The van der Waals surface area contributed by atoms with Crippen molar-refractivity contribution in [2.45, 2.75) is 6.04 Å². The summed E-state index contributed by atoms with van der Waals surface area (Å²) < 4.78 is 1.60. The number of aromatic carboxylic acids is 1. The van der Waals surface area contributed by atoms with E-state index < -0.39 is 5.97 Å². The van der Waals surface area contributed by atoms with Crippen molar-refractivity contribution in [3.8, 4) is 0 Å². The molecule has 0 unspecified atom stereocenters. The van der Waals surface area contributed by atoms with Crippen LogP contribution in [0.4, 0.5) is 0 Å². The molecule has 0 bridgehead atoms. The Morgan fingerprint density at radius 1 is 1.69 bits per heavy atom. The maximum Gasteiger partial charge on any atom is 0.358 e. The Morgan fingerprint density at radius 2 is 2.44 bits per heavy atom. The lowest BCUT2D eigenvalue weighted by atomic mass is 10.1. The number of carboxylic acids is 1. The first-order chi connectivity index (χ1) is 7.70. The second kappa shape index (κ2) is 4.63. The summed E-state index contributed by atoms with van der Waals surface area (Å²) in [6, 6.07) is 0.212. The summed E-state index contributed by atoms with van der Waals surface area (Å²) in [6.07, 6.45) is 3.32. The standard InChI is InChI=1S/C9H11ClN4O2/c10-2-1-3-13-4-7(5-13)14-6-8(9(15)16)11-12-14/h1-2,6-7H,3-5H2,(H,15,16). The van der Waals surface area contributed by atoms with E-state index in [1.807, 2.05) is 6.08 Å². The molecule has 0 amide bonds. The van der Waals surface area contributed by atoms with Gasteiger partial charge in [-0.05, 0) is 0 Å². The molecule has 2 heterocycles. The van der Waals surface area contributed by atoms with Crippen LogP contribution in [0, 0.1) is 0 Å². The molecule has 6 nitrogen and oxygen atoms in total. The van der Waals surface area contributed by atoms with E-state index in [9.17, 15) is 4.79 Å². The van der Waals surface area contributed by atoms with Gasteiger partial charge in [0.05, 0.1) is 12.2 Å². The summed E-state index contributed by atoms with van der Waals surface area (Å²) in [7, 11) is 0. The van der Waals surface area contributed by atoms with E-state index >= 15 is 0 Å². The van der Waals surface area contributed by atoms with Gasteiger partial charge in [-0.25, -0.2) is 9.48 Å². The molecule has 16 heavy (non-hydrogen) atoms. The first-order valence-electron chi connectivity index (χ1n) is 4.83. The molecule has 7 heteroatoms. The normalized spacial score (nSPS) is 17.8. The molecule has 1 aliphatic rings. The van der Waals surface area contributed by atoms with Gasteiger partial charge in [0.25, 0.3) is 0 Å². The Bertz CT molecular complexity index is 411. The molecule has 0 aliphatic carbocycles. The van der Waals surface area contributed by atoms with Gasteiger partial charge in [0, 0.05) is 25.2 Å². The Morgan fingerprint density at radius 3 is 3.00 bits per heavy atom. The number of carboxylic acid groups (broad SMARTS) is 1. The van der Waals surface area contributed by atoms with E-state index in [-0.39, 0.29) is 11.7 Å². The molecule has 0 atom stereocenters. The van der Waals surface area contributed by atoms with E-state index in [2.05, 4.69) is 15.2 Å². The van der Waals surface area contributed by atoms with Gasteiger partial charge in [0.1, 0.15) is 0 Å². The molecule has 0 saturated carbocycles. The van der Waals surface area contributed by atoms with Crippen molar-refractivity contribution in [2.75, 3.05) is 19.6 Å². The predicted molar refractivity (Wildman–Crippen MR) is 57.5 cm³/mol. The summed E-state index contributed by atoms with van der Waals surface area (Å²) in [4.78, 5) is 12.8. The van der Waals surface area contributed by atoms with Gasteiger partial charge in [-0.1, -0.05) is 22.9 Å². The van der Waals surface area contributed by atoms with E-state index in [4.69, 9.17) is 16.7 Å². The van der Waals surface area contributed by atoms with Crippen LogP contribution in [-0.2, 0) is 0 Å². The van der Waals surface area contributed by atoms with E-state index in [0.717, 1.165) is 19.6 Å². The van der Waals surface area contributed by atoms with E-state index in [1.165, 1.54) is 11.7 Å². The number of rotatable bonds is 4. The molecule has 1 fully saturated rings. The zero-order valence-electron chi connectivity index (χ0n) is 8.45. The minimum atomic E-state index is -1.05. The van der Waals surface area contributed by atoms with E-state index in [0.29, 0.717) is 0 Å². The lowest BCUT2D eigenvalue weighted by molar-refractivity contribution is 0.0690. The number of hydrogen-bond donors (Lipinski definition) is 1. The Balaban J connectivity index is 1.89. The van der Waals surface area contributed by atoms with Crippen LogP contribution in [0.25, 0.3) is 0 Å². The lowest BCUT2D eigenvalue weighted by Crippen LogP contribution is -2.47. The van der Waals surface area contributed by atoms with Gasteiger partial charge in [-0.3, -0.25) is 4.90 Å². The molecule has 0 spiro atoms. The highest BCUT2D eigenvalue weighted by Crippen LogP contribution is 2.19. The number of aromatic nitrogens is 3. The van der Waals surface area contributed by atoms with E-state index in [1.54, 1.807) is 4.68 Å². The molecular weight excluding hydrogens is 232 g/mol. The van der Waals surface area contributed by atoms with Crippen LogP contribution in [0.3, 0.4) is 0 Å². The van der Waals surface area contributed by atoms with Gasteiger partial charge in [-0.15, -0.1) is 5.10 Å². The molecule has 1 saturated heterocycles. The molecule has 86 valence electrons.